The Morgan fingerprint density at radius 2 is 1.20 bits per heavy atom. The van der Waals surface area contributed by atoms with Gasteiger partial charge >= 0.3 is 0 Å². The summed E-state index contributed by atoms with van der Waals surface area (Å²) in [6.45, 7) is 5.38. The summed E-state index contributed by atoms with van der Waals surface area (Å²) in [6, 6.07) is 13.3. The monoisotopic (exact) mass is 528 g/mol. The molecule has 7 fully saturated rings. The fourth-order valence-corrected chi connectivity index (χ4v) is 15.1. The zero-order chi connectivity index (χ0) is 27.0. The molecule has 8 aliphatic carbocycles. The highest BCUT2D eigenvalue weighted by molar-refractivity contribution is 5.97. The molecule has 14 unspecified atom stereocenters. The molecule has 8 aliphatic rings. The van der Waals surface area contributed by atoms with Gasteiger partial charge in [-0.05, 0) is 113 Å². The molecule has 0 aliphatic heterocycles. The lowest BCUT2D eigenvalue weighted by Crippen LogP contribution is -2.81. The van der Waals surface area contributed by atoms with E-state index in [4.69, 9.17) is 9.47 Å². The van der Waals surface area contributed by atoms with Crippen LogP contribution < -0.4 is 9.47 Å². The Balaban J connectivity index is 1.12. The first kappa shape index (κ1) is 22.7. The van der Waals surface area contributed by atoms with Crippen molar-refractivity contribution in [3.05, 3.63) is 46.5 Å². The minimum absolute atomic E-state index is 0.382. The largest absolute Gasteiger partial charge is 0.496 e. The molecule has 0 spiro atoms. The van der Waals surface area contributed by atoms with Gasteiger partial charge in [0.1, 0.15) is 29.2 Å². The predicted molar refractivity (Wildman–Crippen MR) is 150 cm³/mol. The Morgan fingerprint density at radius 3 is 1.62 bits per heavy atom. The number of hydrogen-bond acceptors (Lipinski definition) is 4. The van der Waals surface area contributed by atoms with Crippen LogP contribution in [0.1, 0.15) is 62.5 Å². The van der Waals surface area contributed by atoms with Crippen LogP contribution in [0.4, 0.5) is 0 Å². The average Bonchev–Trinajstić information content (AvgIpc) is 3.82. The molecule has 0 N–H and O–H groups in total. The molecule has 6 bridgehead atoms. The van der Waals surface area contributed by atoms with Gasteiger partial charge < -0.3 is 9.47 Å². The molecule has 202 valence electrons. The Labute approximate surface area is 236 Å². The predicted octanol–water partition coefficient (Wildman–Crippen LogP) is 7.21. The molecule has 0 radical (unpaired) electrons. The third-order valence-corrected chi connectivity index (χ3v) is 15.4. The number of nitrogens with zero attached hydrogens (tertiary/aromatic N) is 2. The summed E-state index contributed by atoms with van der Waals surface area (Å²) in [7, 11) is 3.72. The van der Waals surface area contributed by atoms with Crippen molar-refractivity contribution in [2.24, 2.45) is 70.0 Å². The second kappa shape index (κ2) is 6.73. The van der Waals surface area contributed by atoms with Crippen molar-refractivity contribution >= 4 is 10.8 Å². The van der Waals surface area contributed by atoms with E-state index in [1.165, 1.54) is 53.2 Å². The van der Waals surface area contributed by atoms with Crippen molar-refractivity contribution in [1.29, 1.82) is 10.5 Å². The molecule has 0 heterocycles. The summed E-state index contributed by atoms with van der Waals surface area (Å²) < 4.78 is 12.5. The van der Waals surface area contributed by atoms with Gasteiger partial charge in [-0.25, -0.2) is 0 Å². The molecule has 14 atom stereocenters. The van der Waals surface area contributed by atoms with Gasteiger partial charge in [0.15, 0.2) is 0 Å². The highest BCUT2D eigenvalue weighted by atomic mass is 16.5. The van der Waals surface area contributed by atoms with Crippen LogP contribution in [0.15, 0.2) is 35.4 Å². The van der Waals surface area contributed by atoms with Crippen LogP contribution in [-0.2, 0) is 0 Å². The van der Waals surface area contributed by atoms with Crippen molar-refractivity contribution in [3.63, 3.8) is 0 Å². The van der Waals surface area contributed by atoms with Crippen molar-refractivity contribution in [3.8, 4) is 23.6 Å². The minimum Gasteiger partial charge on any atom is -0.496 e. The van der Waals surface area contributed by atoms with Crippen molar-refractivity contribution in [2.75, 3.05) is 14.2 Å². The zero-order valence-corrected chi connectivity index (χ0v) is 23.8. The van der Waals surface area contributed by atoms with Crippen LogP contribution in [0.2, 0.25) is 0 Å². The van der Waals surface area contributed by atoms with E-state index in [1.54, 1.807) is 0 Å². The Kier molecular flexibility index (Phi) is 3.82. The van der Waals surface area contributed by atoms with Crippen LogP contribution in [0.3, 0.4) is 0 Å². The molecule has 0 saturated heterocycles. The van der Waals surface area contributed by atoms with Crippen LogP contribution >= 0.6 is 0 Å². The normalized spacial score (nSPS) is 50.2. The van der Waals surface area contributed by atoms with Gasteiger partial charge in [0.25, 0.3) is 0 Å². The molecule has 0 amide bonds. The van der Waals surface area contributed by atoms with Crippen molar-refractivity contribution in [2.45, 2.75) is 51.4 Å². The van der Waals surface area contributed by atoms with Crippen molar-refractivity contribution < 1.29 is 9.47 Å². The molecule has 40 heavy (non-hydrogen) atoms. The third-order valence-electron chi connectivity index (χ3n) is 15.4. The number of benzene rings is 2. The number of allylic oxidation sites excluding steroid dienone is 2. The molecule has 4 nitrogen and oxygen atoms in total. The number of hydrogen-bond donors (Lipinski definition) is 0. The Morgan fingerprint density at radius 1 is 0.725 bits per heavy atom. The van der Waals surface area contributed by atoms with Gasteiger partial charge in [0.05, 0.1) is 14.2 Å². The van der Waals surface area contributed by atoms with Gasteiger partial charge in [0, 0.05) is 21.9 Å². The number of methoxy groups -OCH3 is 2. The smallest absolute Gasteiger partial charge is 0.130 e. The van der Waals surface area contributed by atoms with Gasteiger partial charge in [-0.1, -0.05) is 38.1 Å². The number of rotatable bonds is 2. The Hall–Kier alpha value is -2.98. The maximum absolute atomic E-state index is 9.82. The number of fused-ring (bicyclic) bond motifs is 26. The van der Waals surface area contributed by atoms with Gasteiger partial charge in [-0.3, -0.25) is 0 Å². The van der Waals surface area contributed by atoms with E-state index in [0.29, 0.717) is 40.1 Å². The van der Waals surface area contributed by atoms with Gasteiger partial charge in [-0.2, -0.15) is 10.5 Å². The topological polar surface area (TPSA) is 66.0 Å². The maximum Gasteiger partial charge on any atom is 0.130 e. The first-order valence-corrected chi connectivity index (χ1v) is 15.7. The summed E-state index contributed by atoms with van der Waals surface area (Å²) in [4.78, 5) is 0. The fraction of sp³-hybridized carbons (Fsp3) is 0.611. The molecule has 2 aromatic carbocycles. The van der Waals surface area contributed by atoms with Gasteiger partial charge in [0.2, 0.25) is 0 Å². The average molecular weight is 529 g/mol. The van der Waals surface area contributed by atoms with E-state index in [1.807, 2.05) is 14.2 Å². The van der Waals surface area contributed by atoms with Crippen LogP contribution in [0, 0.1) is 92.7 Å². The highest BCUT2D eigenvalue weighted by Gasteiger charge is 2.91. The van der Waals surface area contributed by atoms with E-state index < -0.39 is 0 Å². The standard InChI is InChI=1S/C36H36N2O2/c1-35-29-20-11-21(26-19-10-9-18(25(20)26)24(19)15(13-37)14-38)30(29)36(35,2)32-23-12-22(31(32)35)27-28(23)34(40-4)17-8-6-5-7-16(17)33(27)39-3/h5-8,18-23,25-26,29-32H,9-12H2,1-4H3. The lowest BCUT2D eigenvalue weighted by molar-refractivity contribution is -0.371. The minimum atomic E-state index is 0.382. The molecular formula is C36H36N2O2. The van der Waals surface area contributed by atoms with Crippen LogP contribution in [0.5, 0.6) is 11.5 Å². The van der Waals surface area contributed by atoms with E-state index >= 15 is 0 Å². The van der Waals surface area contributed by atoms with Crippen molar-refractivity contribution in [1.82, 2.24) is 0 Å². The highest BCUT2D eigenvalue weighted by Crippen LogP contribution is 2.96. The molecule has 2 aromatic rings. The van der Waals surface area contributed by atoms with Gasteiger partial charge in [-0.15, -0.1) is 0 Å². The quantitative estimate of drug-likeness (QED) is 0.235. The second-order valence-corrected chi connectivity index (χ2v) is 15.1. The fourth-order valence-electron chi connectivity index (χ4n) is 15.1. The molecule has 10 rings (SSSR count). The maximum atomic E-state index is 9.82. The first-order chi connectivity index (χ1) is 19.5. The number of nitriles is 2. The molecule has 0 aromatic heterocycles. The Bertz CT molecular complexity index is 1570. The summed E-state index contributed by atoms with van der Waals surface area (Å²) in [6.07, 6.45) is 5.07. The lowest BCUT2D eigenvalue weighted by atomic mass is 9.19. The first-order valence-electron chi connectivity index (χ1n) is 15.7. The molecule has 4 heteroatoms. The number of ether oxygens (including phenoxy) is 2. The third kappa shape index (κ3) is 1.90. The zero-order valence-electron chi connectivity index (χ0n) is 23.8. The van der Waals surface area contributed by atoms with E-state index in [9.17, 15) is 10.5 Å². The SMILES string of the molecule is COc1c2c(c(OC)c3ccccc13)C1CC2C2C1C1(C)C3C4CC(C5C6CCC(C6=C(C#N)C#N)C45)C3C21C. The summed E-state index contributed by atoms with van der Waals surface area (Å²) in [5.41, 5.74) is 5.45. The molecule has 7 saturated carbocycles. The summed E-state index contributed by atoms with van der Waals surface area (Å²) in [5, 5.41) is 22.0. The summed E-state index contributed by atoms with van der Waals surface area (Å²) >= 11 is 0. The van der Waals surface area contributed by atoms with E-state index in [2.05, 4.69) is 50.3 Å². The van der Waals surface area contributed by atoms with E-state index in [-0.39, 0.29) is 0 Å². The van der Waals surface area contributed by atoms with Crippen LogP contribution in [0.25, 0.3) is 10.8 Å². The molecular weight excluding hydrogens is 492 g/mol. The van der Waals surface area contributed by atoms with E-state index in [0.717, 1.165) is 58.8 Å². The second-order valence-electron chi connectivity index (χ2n) is 15.1. The van der Waals surface area contributed by atoms with Crippen LogP contribution in [-0.4, -0.2) is 14.2 Å². The summed E-state index contributed by atoms with van der Waals surface area (Å²) in [5.74, 6) is 10.4. The lowest BCUT2D eigenvalue weighted by Gasteiger charge is -2.85.